The molecule has 0 radical (unpaired) electrons. The minimum absolute atomic E-state index is 0.263. The van der Waals surface area contributed by atoms with Crippen LogP contribution in [0, 0.1) is 0 Å². The average Bonchev–Trinajstić information content (AvgIpc) is 2.99. The molecule has 0 atom stereocenters. The van der Waals surface area contributed by atoms with Gasteiger partial charge in [-0.15, -0.1) is 11.3 Å². The molecule has 2 heterocycles. The molecule has 3 rings (SSSR count). The van der Waals surface area contributed by atoms with Gasteiger partial charge in [-0.2, -0.15) is 4.98 Å². The van der Waals surface area contributed by atoms with Crippen LogP contribution in [0.4, 0.5) is 17.5 Å². The van der Waals surface area contributed by atoms with Crippen molar-refractivity contribution in [2.24, 2.45) is 0 Å². The Bertz CT molecular complexity index is 856. The lowest BCUT2D eigenvalue weighted by Crippen LogP contribution is -2.20. The summed E-state index contributed by atoms with van der Waals surface area (Å²) in [4.78, 5) is 29.3. The first kappa shape index (κ1) is 16.1. The third-order valence-electron chi connectivity index (χ3n) is 3.32. The molecule has 0 fully saturated rings. The molecule has 3 aromatic rings. The first-order chi connectivity index (χ1) is 11.5. The Morgan fingerprint density at radius 1 is 1.08 bits per heavy atom. The number of amides is 1. The Hall–Kier alpha value is -2.74. The summed E-state index contributed by atoms with van der Waals surface area (Å²) in [5, 5.41) is 3.27. The monoisotopic (exact) mass is 342 g/mol. The van der Waals surface area contributed by atoms with Gasteiger partial charge >= 0.3 is 0 Å². The van der Waals surface area contributed by atoms with Gasteiger partial charge < -0.3 is 15.1 Å². The molecule has 1 N–H and O–H groups in total. The van der Waals surface area contributed by atoms with Crippen molar-refractivity contribution in [3.05, 3.63) is 35.5 Å². The van der Waals surface area contributed by atoms with Gasteiger partial charge in [0.2, 0.25) is 5.95 Å². The van der Waals surface area contributed by atoms with E-state index in [1.54, 1.807) is 6.20 Å². The van der Waals surface area contributed by atoms with E-state index in [1.165, 1.54) is 11.3 Å². The summed E-state index contributed by atoms with van der Waals surface area (Å²) in [6.45, 7) is 0. The van der Waals surface area contributed by atoms with Crippen molar-refractivity contribution in [2.45, 2.75) is 0 Å². The van der Waals surface area contributed by atoms with E-state index in [1.807, 2.05) is 62.3 Å². The Morgan fingerprint density at radius 2 is 1.83 bits per heavy atom. The van der Waals surface area contributed by atoms with E-state index in [2.05, 4.69) is 20.3 Å². The fraction of sp³-hybridized carbons (Fsp3) is 0.250. The molecular weight excluding hydrogens is 324 g/mol. The van der Waals surface area contributed by atoms with E-state index in [9.17, 15) is 4.79 Å². The van der Waals surface area contributed by atoms with Crippen LogP contribution in [0.3, 0.4) is 0 Å². The van der Waals surface area contributed by atoms with Crippen molar-refractivity contribution in [2.75, 3.05) is 43.3 Å². The third-order valence-corrected chi connectivity index (χ3v) is 4.35. The van der Waals surface area contributed by atoms with Gasteiger partial charge in [0.15, 0.2) is 10.8 Å². The number of anilines is 3. The molecule has 0 spiro atoms. The molecule has 2 aromatic heterocycles. The van der Waals surface area contributed by atoms with Crippen molar-refractivity contribution in [3.8, 4) is 0 Å². The fourth-order valence-electron chi connectivity index (χ4n) is 2.15. The topological polar surface area (TPSA) is 74.2 Å². The van der Waals surface area contributed by atoms with Crippen LogP contribution in [-0.2, 0) is 0 Å². The number of hydrogen-bond donors (Lipinski definition) is 1. The zero-order valence-electron chi connectivity index (χ0n) is 13.9. The first-order valence-corrected chi connectivity index (χ1v) is 8.16. The molecule has 0 saturated carbocycles. The largest absolute Gasteiger partial charge is 0.361 e. The number of rotatable bonds is 4. The Labute approximate surface area is 144 Å². The molecule has 0 aliphatic heterocycles. The van der Waals surface area contributed by atoms with Crippen molar-refractivity contribution in [1.29, 1.82) is 0 Å². The van der Waals surface area contributed by atoms with Gasteiger partial charge in [0.05, 0.1) is 16.4 Å². The molecule has 1 amide bonds. The van der Waals surface area contributed by atoms with Crippen LogP contribution in [0.15, 0.2) is 30.5 Å². The van der Waals surface area contributed by atoms with Gasteiger partial charge in [0.1, 0.15) is 5.69 Å². The summed E-state index contributed by atoms with van der Waals surface area (Å²) >= 11 is 1.36. The molecule has 0 saturated heterocycles. The number of carbonyl (C=O) groups is 1. The molecule has 1 aromatic carbocycles. The van der Waals surface area contributed by atoms with E-state index in [0.29, 0.717) is 22.5 Å². The molecule has 0 bridgehead atoms. The van der Waals surface area contributed by atoms with Crippen molar-refractivity contribution >= 4 is 44.9 Å². The molecule has 0 aliphatic carbocycles. The zero-order chi connectivity index (χ0) is 17.3. The number of nitrogens with one attached hydrogen (secondary N) is 1. The first-order valence-electron chi connectivity index (χ1n) is 7.34. The predicted octanol–water partition coefficient (Wildman–Crippen LogP) is 2.47. The number of thiazole rings is 1. The summed E-state index contributed by atoms with van der Waals surface area (Å²) < 4.78 is 0.981. The summed E-state index contributed by atoms with van der Waals surface area (Å²) in [5.74, 6) is 0.959. The molecule has 124 valence electrons. The highest BCUT2D eigenvalue weighted by molar-refractivity contribution is 7.20. The van der Waals surface area contributed by atoms with Crippen LogP contribution in [0.5, 0.6) is 0 Å². The average molecular weight is 342 g/mol. The highest BCUT2D eigenvalue weighted by Crippen LogP contribution is 2.26. The number of hydrogen-bond acceptors (Lipinski definition) is 7. The second-order valence-electron chi connectivity index (χ2n) is 5.64. The van der Waals surface area contributed by atoms with Crippen molar-refractivity contribution < 1.29 is 4.79 Å². The molecule has 8 heteroatoms. The molecule has 0 unspecified atom stereocenters. The van der Waals surface area contributed by atoms with Crippen LogP contribution in [0.25, 0.3) is 10.2 Å². The highest BCUT2D eigenvalue weighted by Gasteiger charge is 2.17. The van der Waals surface area contributed by atoms with Crippen LogP contribution in [0.1, 0.15) is 9.80 Å². The van der Waals surface area contributed by atoms with Gasteiger partial charge in [0, 0.05) is 28.2 Å². The quantitative estimate of drug-likeness (QED) is 0.785. The fourth-order valence-corrected chi connectivity index (χ4v) is 3.01. The van der Waals surface area contributed by atoms with E-state index >= 15 is 0 Å². The standard InChI is InChI=1S/C16H18N6OS/c1-21(2)13-11(9-17-16(20-13)22(3)4)18-14(23)15-19-10-7-5-6-8-12(10)24-15/h5-9H,1-4H3,(H,18,23). The lowest BCUT2D eigenvalue weighted by molar-refractivity contribution is 0.102. The lowest BCUT2D eigenvalue weighted by Gasteiger charge is -2.19. The summed E-state index contributed by atoms with van der Waals surface area (Å²) in [7, 11) is 7.48. The molecule has 7 nitrogen and oxygen atoms in total. The van der Waals surface area contributed by atoms with Gasteiger partial charge in [0.25, 0.3) is 5.91 Å². The normalized spacial score (nSPS) is 10.7. The Kier molecular flexibility index (Phi) is 4.30. The third kappa shape index (κ3) is 3.13. The number of benzene rings is 1. The number of fused-ring (bicyclic) bond motifs is 1. The predicted molar refractivity (Wildman–Crippen MR) is 98.3 cm³/mol. The maximum Gasteiger partial charge on any atom is 0.284 e. The summed E-state index contributed by atoms with van der Waals surface area (Å²) in [5.41, 5.74) is 1.37. The van der Waals surface area contributed by atoms with Gasteiger partial charge in [-0.3, -0.25) is 4.79 Å². The van der Waals surface area contributed by atoms with Crippen LogP contribution >= 0.6 is 11.3 Å². The number of nitrogens with zero attached hydrogens (tertiary/aromatic N) is 5. The Balaban J connectivity index is 1.90. The van der Waals surface area contributed by atoms with Crippen molar-refractivity contribution in [3.63, 3.8) is 0 Å². The maximum absolute atomic E-state index is 12.5. The van der Waals surface area contributed by atoms with E-state index in [4.69, 9.17) is 0 Å². The second kappa shape index (κ2) is 6.40. The summed E-state index contributed by atoms with van der Waals surface area (Å²) in [6, 6.07) is 7.68. The number of aromatic nitrogens is 3. The van der Waals surface area contributed by atoms with Gasteiger partial charge in [-0.05, 0) is 12.1 Å². The number of carbonyl (C=O) groups excluding carboxylic acids is 1. The highest BCUT2D eigenvalue weighted by atomic mass is 32.1. The SMILES string of the molecule is CN(C)c1ncc(NC(=O)c2nc3ccccc3s2)c(N(C)C)n1. The maximum atomic E-state index is 12.5. The van der Waals surface area contributed by atoms with Crippen LogP contribution in [0.2, 0.25) is 0 Å². The molecular formula is C16H18N6OS. The minimum atomic E-state index is -0.263. The van der Waals surface area contributed by atoms with E-state index < -0.39 is 0 Å². The minimum Gasteiger partial charge on any atom is -0.361 e. The molecule has 24 heavy (non-hydrogen) atoms. The Morgan fingerprint density at radius 3 is 2.50 bits per heavy atom. The van der Waals surface area contributed by atoms with E-state index in [-0.39, 0.29) is 5.91 Å². The van der Waals surface area contributed by atoms with Gasteiger partial charge in [-0.1, -0.05) is 12.1 Å². The zero-order valence-corrected chi connectivity index (χ0v) is 14.8. The van der Waals surface area contributed by atoms with E-state index in [0.717, 1.165) is 10.2 Å². The van der Waals surface area contributed by atoms with Gasteiger partial charge in [-0.25, -0.2) is 9.97 Å². The smallest absolute Gasteiger partial charge is 0.284 e. The van der Waals surface area contributed by atoms with Crippen LogP contribution < -0.4 is 15.1 Å². The van der Waals surface area contributed by atoms with Crippen molar-refractivity contribution in [1.82, 2.24) is 15.0 Å². The second-order valence-corrected chi connectivity index (χ2v) is 6.67. The van der Waals surface area contributed by atoms with Crippen LogP contribution in [-0.4, -0.2) is 49.0 Å². The lowest BCUT2D eigenvalue weighted by atomic mass is 10.3. The number of para-hydroxylation sites is 1. The molecule has 0 aliphatic rings. The summed E-state index contributed by atoms with van der Waals surface area (Å²) in [6.07, 6.45) is 1.61.